The summed E-state index contributed by atoms with van der Waals surface area (Å²) in [5.74, 6) is 0.757. The standard InChI is InChI=1S/C16H14N2O3/c1-20-16-13(6-4-8-17-16)15(19)18-10-12-9-11-5-2-3-7-14(11)21-12/h2-9H,10H2,1H3,(H,18,19). The molecule has 0 fully saturated rings. The molecule has 106 valence electrons. The molecule has 2 heterocycles. The summed E-state index contributed by atoms with van der Waals surface area (Å²) in [5.41, 5.74) is 1.21. The highest BCUT2D eigenvalue weighted by Gasteiger charge is 2.13. The van der Waals surface area contributed by atoms with E-state index in [1.54, 1.807) is 18.3 Å². The van der Waals surface area contributed by atoms with Gasteiger partial charge in [0.1, 0.15) is 16.9 Å². The Morgan fingerprint density at radius 2 is 2.14 bits per heavy atom. The highest BCUT2D eigenvalue weighted by molar-refractivity contribution is 5.96. The molecule has 3 rings (SSSR count). The third-order valence-corrected chi connectivity index (χ3v) is 3.11. The molecule has 2 aromatic heterocycles. The van der Waals surface area contributed by atoms with Crippen molar-refractivity contribution in [2.75, 3.05) is 7.11 Å². The molecule has 5 nitrogen and oxygen atoms in total. The van der Waals surface area contributed by atoms with Crippen LogP contribution in [0.3, 0.4) is 0 Å². The Balaban J connectivity index is 1.73. The Kier molecular flexibility index (Phi) is 3.55. The van der Waals surface area contributed by atoms with Gasteiger partial charge < -0.3 is 14.5 Å². The molecule has 0 spiro atoms. The summed E-state index contributed by atoms with van der Waals surface area (Å²) in [7, 11) is 1.48. The number of furan rings is 1. The lowest BCUT2D eigenvalue weighted by atomic mass is 10.2. The highest BCUT2D eigenvalue weighted by atomic mass is 16.5. The Labute approximate surface area is 121 Å². The van der Waals surface area contributed by atoms with Gasteiger partial charge in [-0.15, -0.1) is 0 Å². The zero-order valence-electron chi connectivity index (χ0n) is 11.5. The normalized spacial score (nSPS) is 10.5. The molecule has 0 radical (unpaired) electrons. The van der Waals surface area contributed by atoms with E-state index >= 15 is 0 Å². The first-order valence-corrected chi connectivity index (χ1v) is 6.52. The van der Waals surface area contributed by atoms with Crippen molar-refractivity contribution in [3.05, 3.63) is 60.0 Å². The van der Waals surface area contributed by atoms with E-state index in [4.69, 9.17) is 9.15 Å². The van der Waals surface area contributed by atoms with Gasteiger partial charge in [0.15, 0.2) is 0 Å². The van der Waals surface area contributed by atoms with Gasteiger partial charge in [-0.05, 0) is 24.3 Å². The molecule has 0 saturated heterocycles. The first-order chi connectivity index (χ1) is 10.3. The molecular formula is C16H14N2O3. The fraction of sp³-hybridized carbons (Fsp3) is 0.125. The Bertz CT molecular complexity index is 747. The van der Waals surface area contributed by atoms with E-state index in [9.17, 15) is 4.79 Å². The minimum atomic E-state index is -0.250. The van der Waals surface area contributed by atoms with E-state index in [-0.39, 0.29) is 5.91 Å². The Hall–Kier alpha value is -2.82. The number of carbonyl (C=O) groups excluding carboxylic acids is 1. The maximum Gasteiger partial charge on any atom is 0.257 e. The number of para-hydroxylation sites is 1. The highest BCUT2D eigenvalue weighted by Crippen LogP contribution is 2.19. The van der Waals surface area contributed by atoms with Crippen LogP contribution in [0, 0.1) is 0 Å². The van der Waals surface area contributed by atoms with Crippen molar-refractivity contribution in [3.8, 4) is 5.88 Å². The van der Waals surface area contributed by atoms with Crippen molar-refractivity contribution in [2.24, 2.45) is 0 Å². The van der Waals surface area contributed by atoms with Crippen molar-refractivity contribution in [2.45, 2.75) is 6.54 Å². The quantitative estimate of drug-likeness (QED) is 0.799. The molecule has 0 aliphatic heterocycles. The van der Waals surface area contributed by atoms with Crippen LogP contribution in [-0.2, 0) is 6.54 Å². The van der Waals surface area contributed by atoms with Gasteiger partial charge in [-0.25, -0.2) is 4.98 Å². The molecule has 0 aliphatic rings. The molecule has 0 atom stereocenters. The Morgan fingerprint density at radius 3 is 2.95 bits per heavy atom. The van der Waals surface area contributed by atoms with Gasteiger partial charge in [-0.3, -0.25) is 4.79 Å². The van der Waals surface area contributed by atoms with E-state index in [0.717, 1.165) is 11.0 Å². The molecule has 0 aliphatic carbocycles. The number of methoxy groups -OCH3 is 1. The van der Waals surface area contributed by atoms with Crippen LogP contribution in [0.25, 0.3) is 11.0 Å². The van der Waals surface area contributed by atoms with E-state index in [1.807, 2.05) is 30.3 Å². The molecule has 0 bridgehead atoms. The number of pyridine rings is 1. The van der Waals surface area contributed by atoms with Crippen LogP contribution < -0.4 is 10.1 Å². The zero-order chi connectivity index (χ0) is 14.7. The van der Waals surface area contributed by atoms with Gasteiger partial charge >= 0.3 is 0 Å². The van der Waals surface area contributed by atoms with Crippen LogP contribution in [0.5, 0.6) is 5.88 Å². The molecule has 1 aromatic carbocycles. The number of ether oxygens (including phenoxy) is 1. The zero-order valence-corrected chi connectivity index (χ0v) is 11.5. The van der Waals surface area contributed by atoms with E-state index in [1.165, 1.54) is 7.11 Å². The number of nitrogens with one attached hydrogen (secondary N) is 1. The predicted molar refractivity (Wildman–Crippen MR) is 78.2 cm³/mol. The molecule has 21 heavy (non-hydrogen) atoms. The maximum absolute atomic E-state index is 12.1. The summed E-state index contributed by atoms with van der Waals surface area (Å²) in [6, 6.07) is 13.0. The van der Waals surface area contributed by atoms with Crippen LogP contribution in [0.15, 0.2) is 53.1 Å². The number of hydrogen-bond acceptors (Lipinski definition) is 4. The second-order valence-electron chi connectivity index (χ2n) is 4.49. The number of benzene rings is 1. The minimum Gasteiger partial charge on any atom is -0.480 e. The third kappa shape index (κ3) is 2.72. The summed E-state index contributed by atoms with van der Waals surface area (Å²) < 4.78 is 10.7. The molecule has 0 unspecified atom stereocenters. The van der Waals surface area contributed by atoms with Gasteiger partial charge in [0.05, 0.1) is 13.7 Å². The minimum absolute atomic E-state index is 0.250. The number of fused-ring (bicyclic) bond motifs is 1. The topological polar surface area (TPSA) is 64.4 Å². The van der Waals surface area contributed by atoms with Crippen LogP contribution in [-0.4, -0.2) is 18.0 Å². The molecule has 1 N–H and O–H groups in total. The maximum atomic E-state index is 12.1. The van der Waals surface area contributed by atoms with E-state index in [2.05, 4.69) is 10.3 Å². The van der Waals surface area contributed by atoms with Gasteiger partial charge in [0.2, 0.25) is 5.88 Å². The largest absolute Gasteiger partial charge is 0.480 e. The predicted octanol–water partition coefficient (Wildman–Crippen LogP) is 2.77. The summed E-state index contributed by atoms with van der Waals surface area (Å²) >= 11 is 0. The summed E-state index contributed by atoms with van der Waals surface area (Å²) in [4.78, 5) is 16.1. The lowest BCUT2D eigenvalue weighted by molar-refractivity contribution is 0.0944. The number of nitrogens with zero attached hydrogens (tertiary/aromatic N) is 1. The van der Waals surface area contributed by atoms with Crippen LogP contribution in [0.1, 0.15) is 16.1 Å². The second-order valence-corrected chi connectivity index (χ2v) is 4.49. The second kappa shape index (κ2) is 5.66. The molecular weight excluding hydrogens is 268 g/mol. The summed E-state index contributed by atoms with van der Waals surface area (Å²) in [6.45, 7) is 0.311. The Morgan fingerprint density at radius 1 is 1.29 bits per heavy atom. The number of amides is 1. The van der Waals surface area contributed by atoms with Crippen LogP contribution in [0.4, 0.5) is 0 Å². The summed E-state index contributed by atoms with van der Waals surface area (Å²) in [6.07, 6.45) is 1.58. The van der Waals surface area contributed by atoms with Gasteiger partial charge in [0, 0.05) is 11.6 Å². The molecule has 3 aromatic rings. The number of hydrogen-bond donors (Lipinski definition) is 1. The van der Waals surface area contributed by atoms with Crippen LogP contribution >= 0.6 is 0 Å². The number of rotatable bonds is 4. The number of aromatic nitrogens is 1. The number of carbonyl (C=O) groups is 1. The smallest absolute Gasteiger partial charge is 0.257 e. The van der Waals surface area contributed by atoms with Gasteiger partial charge in [-0.1, -0.05) is 18.2 Å². The van der Waals surface area contributed by atoms with Crippen molar-refractivity contribution in [3.63, 3.8) is 0 Å². The SMILES string of the molecule is COc1ncccc1C(=O)NCc1cc2ccccc2o1. The fourth-order valence-corrected chi connectivity index (χ4v) is 2.11. The molecule has 0 saturated carbocycles. The molecule has 5 heteroatoms. The molecule has 1 amide bonds. The van der Waals surface area contributed by atoms with Crippen molar-refractivity contribution >= 4 is 16.9 Å². The fourth-order valence-electron chi connectivity index (χ4n) is 2.11. The van der Waals surface area contributed by atoms with Crippen molar-refractivity contribution < 1.29 is 13.9 Å². The van der Waals surface area contributed by atoms with Crippen molar-refractivity contribution in [1.82, 2.24) is 10.3 Å². The first-order valence-electron chi connectivity index (χ1n) is 6.52. The average molecular weight is 282 g/mol. The first kappa shape index (κ1) is 13.2. The third-order valence-electron chi connectivity index (χ3n) is 3.11. The average Bonchev–Trinajstić information content (AvgIpc) is 2.95. The summed E-state index contributed by atoms with van der Waals surface area (Å²) in [5, 5.41) is 3.81. The van der Waals surface area contributed by atoms with Gasteiger partial charge in [0.25, 0.3) is 5.91 Å². The van der Waals surface area contributed by atoms with Gasteiger partial charge in [-0.2, -0.15) is 0 Å². The lowest BCUT2D eigenvalue weighted by Gasteiger charge is -2.06. The monoisotopic (exact) mass is 282 g/mol. The van der Waals surface area contributed by atoms with Crippen LogP contribution in [0.2, 0.25) is 0 Å². The van der Waals surface area contributed by atoms with Crippen molar-refractivity contribution in [1.29, 1.82) is 0 Å². The van der Waals surface area contributed by atoms with E-state index in [0.29, 0.717) is 23.7 Å². The lowest BCUT2D eigenvalue weighted by Crippen LogP contribution is -2.23. The van der Waals surface area contributed by atoms with E-state index < -0.39 is 0 Å².